The van der Waals surface area contributed by atoms with Crippen LogP contribution < -0.4 is 11.5 Å². The highest BCUT2D eigenvalue weighted by atomic mass is 32.2. The van der Waals surface area contributed by atoms with Gasteiger partial charge in [-0.15, -0.1) is 0 Å². The van der Waals surface area contributed by atoms with E-state index in [2.05, 4.69) is 0 Å². The Balaban J connectivity index is 3.70. The third kappa shape index (κ3) is 2.79. The van der Waals surface area contributed by atoms with Crippen LogP contribution in [0.15, 0.2) is 21.9 Å². The Labute approximate surface area is 119 Å². The maximum Gasteiger partial charge on any atom is 0.501 e. The standard InChI is InChI=1S/C8H6F6N2O4S2/c9-7(10,11)21(17,18)5-1-3(15)6(2-4(5)16)22(19,20)8(12,13)14/h1-2H,15-16H2. The molecular formula is C8H6F6N2O4S2. The number of benzene rings is 1. The molecule has 0 atom stereocenters. The lowest BCUT2D eigenvalue weighted by atomic mass is 10.3. The molecule has 0 saturated carbocycles. The van der Waals surface area contributed by atoms with Gasteiger partial charge in [0.05, 0.1) is 11.4 Å². The van der Waals surface area contributed by atoms with Crippen LogP contribution in [0.1, 0.15) is 0 Å². The lowest BCUT2D eigenvalue weighted by Gasteiger charge is -2.15. The van der Waals surface area contributed by atoms with Gasteiger partial charge in [0.2, 0.25) is 0 Å². The molecule has 1 aromatic carbocycles. The van der Waals surface area contributed by atoms with E-state index in [1.165, 1.54) is 0 Å². The minimum absolute atomic E-state index is 0.0865. The zero-order valence-electron chi connectivity index (χ0n) is 10.0. The van der Waals surface area contributed by atoms with E-state index in [1.54, 1.807) is 0 Å². The second-order valence-corrected chi connectivity index (χ2v) is 7.65. The van der Waals surface area contributed by atoms with Gasteiger partial charge < -0.3 is 11.5 Å². The molecule has 0 spiro atoms. The predicted molar refractivity (Wildman–Crippen MR) is 61.7 cm³/mol. The molecule has 0 radical (unpaired) electrons. The van der Waals surface area contributed by atoms with Crippen LogP contribution in [-0.4, -0.2) is 27.9 Å². The van der Waals surface area contributed by atoms with Gasteiger partial charge in [0.15, 0.2) is 0 Å². The van der Waals surface area contributed by atoms with Crippen LogP contribution in [0.3, 0.4) is 0 Å². The van der Waals surface area contributed by atoms with Crippen LogP contribution in [0.5, 0.6) is 0 Å². The van der Waals surface area contributed by atoms with E-state index in [9.17, 15) is 43.2 Å². The summed E-state index contributed by atoms with van der Waals surface area (Å²) in [7, 11) is -12.0. The maximum absolute atomic E-state index is 12.4. The van der Waals surface area contributed by atoms with Crippen molar-refractivity contribution in [1.82, 2.24) is 0 Å². The lowest BCUT2D eigenvalue weighted by molar-refractivity contribution is -0.0443. The van der Waals surface area contributed by atoms with Gasteiger partial charge in [-0.25, -0.2) is 16.8 Å². The Hall–Kier alpha value is -1.70. The van der Waals surface area contributed by atoms with Gasteiger partial charge in [0.1, 0.15) is 9.79 Å². The fourth-order valence-electron chi connectivity index (χ4n) is 1.31. The minimum Gasteiger partial charge on any atom is -0.398 e. The van der Waals surface area contributed by atoms with E-state index < -0.39 is 51.9 Å². The Morgan fingerprint density at radius 1 is 0.682 bits per heavy atom. The van der Waals surface area contributed by atoms with Crippen molar-refractivity contribution in [3.05, 3.63) is 12.1 Å². The summed E-state index contributed by atoms with van der Waals surface area (Å²) in [4.78, 5) is -3.28. The smallest absolute Gasteiger partial charge is 0.398 e. The van der Waals surface area contributed by atoms with Crippen LogP contribution >= 0.6 is 0 Å². The predicted octanol–water partition coefficient (Wildman–Crippen LogP) is 1.44. The summed E-state index contributed by atoms with van der Waals surface area (Å²) in [6.45, 7) is 0. The molecule has 0 aliphatic carbocycles. The van der Waals surface area contributed by atoms with E-state index in [-0.39, 0.29) is 12.1 Å². The molecular weight excluding hydrogens is 366 g/mol. The van der Waals surface area contributed by atoms with Crippen LogP contribution in [0.4, 0.5) is 37.7 Å². The molecule has 0 bridgehead atoms. The highest BCUT2D eigenvalue weighted by Gasteiger charge is 2.50. The molecule has 1 aromatic rings. The third-order valence-corrected chi connectivity index (χ3v) is 5.41. The van der Waals surface area contributed by atoms with Gasteiger partial charge in [-0.1, -0.05) is 0 Å². The zero-order chi connectivity index (χ0) is 17.7. The molecule has 0 amide bonds. The second-order valence-electron chi connectivity index (χ2n) is 3.83. The van der Waals surface area contributed by atoms with Gasteiger partial charge >= 0.3 is 11.0 Å². The SMILES string of the molecule is Nc1cc(S(=O)(=O)C(F)(F)F)c(N)cc1S(=O)(=O)C(F)(F)F. The summed E-state index contributed by atoms with van der Waals surface area (Å²) >= 11 is 0. The molecule has 126 valence electrons. The van der Waals surface area contributed by atoms with Crippen molar-refractivity contribution < 1.29 is 43.2 Å². The Morgan fingerprint density at radius 3 is 1.09 bits per heavy atom. The molecule has 0 aliphatic heterocycles. The number of nitrogens with two attached hydrogens (primary N) is 2. The van der Waals surface area contributed by atoms with Gasteiger partial charge in [-0.2, -0.15) is 26.3 Å². The lowest BCUT2D eigenvalue weighted by Crippen LogP contribution is -2.26. The molecule has 1 rings (SSSR count). The van der Waals surface area contributed by atoms with Gasteiger partial charge in [-0.05, 0) is 12.1 Å². The maximum atomic E-state index is 12.4. The Morgan fingerprint density at radius 2 is 0.909 bits per heavy atom. The summed E-state index contributed by atoms with van der Waals surface area (Å²) < 4.78 is 119. The van der Waals surface area contributed by atoms with Crippen molar-refractivity contribution in [1.29, 1.82) is 0 Å². The molecule has 0 saturated heterocycles. The van der Waals surface area contributed by atoms with E-state index in [0.29, 0.717) is 0 Å². The quantitative estimate of drug-likeness (QED) is 0.599. The average Bonchev–Trinajstić information content (AvgIpc) is 2.28. The number of hydrogen-bond donors (Lipinski definition) is 2. The molecule has 4 N–H and O–H groups in total. The summed E-state index contributed by atoms with van der Waals surface area (Å²) in [5.41, 5.74) is -4.37. The largest absolute Gasteiger partial charge is 0.501 e. The number of sulfone groups is 2. The zero-order valence-corrected chi connectivity index (χ0v) is 11.7. The first kappa shape index (κ1) is 18.3. The fourth-order valence-corrected chi connectivity index (χ4v) is 3.11. The summed E-state index contributed by atoms with van der Waals surface area (Å²) in [5, 5.41) is 0. The summed E-state index contributed by atoms with van der Waals surface area (Å²) in [6, 6.07) is -0.173. The first-order chi connectivity index (χ1) is 9.53. The monoisotopic (exact) mass is 372 g/mol. The molecule has 0 heterocycles. The molecule has 0 fully saturated rings. The molecule has 6 nitrogen and oxygen atoms in total. The first-order valence-corrected chi connectivity index (χ1v) is 7.82. The van der Waals surface area contributed by atoms with Gasteiger partial charge in [-0.3, -0.25) is 0 Å². The Kier molecular flexibility index (Phi) is 4.09. The summed E-state index contributed by atoms with van der Waals surface area (Å²) in [6.07, 6.45) is 0. The van der Waals surface area contributed by atoms with Crippen molar-refractivity contribution in [3.63, 3.8) is 0 Å². The average molecular weight is 372 g/mol. The molecule has 14 heteroatoms. The number of alkyl halides is 6. The van der Waals surface area contributed by atoms with Crippen molar-refractivity contribution in [2.45, 2.75) is 20.8 Å². The van der Waals surface area contributed by atoms with Crippen molar-refractivity contribution in [2.75, 3.05) is 11.5 Å². The van der Waals surface area contributed by atoms with E-state index >= 15 is 0 Å². The van der Waals surface area contributed by atoms with Crippen LogP contribution in [-0.2, 0) is 19.7 Å². The molecule has 0 aliphatic rings. The molecule has 0 unspecified atom stereocenters. The number of anilines is 2. The fraction of sp³-hybridized carbons (Fsp3) is 0.250. The minimum atomic E-state index is -6.01. The number of rotatable bonds is 2. The van der Waals surface area contributed by atoms with E-state index in [0.717, 1.165) is 0 Å². The molecule has 0 aromatic heterocycles. The summed E-state index contributed by atoms with van der Waals surface area (Å²) in [5.74, 6) is 0. The van der Waals surface area contributed by atoms with E-state index in [4.69, 9.17) is 11.5 Å². The number of hydrogen-bond acceptors (Lipinski definition) is 6. The second kappa shape index (κ2) is 4.91. The van der Waals surface area contributed by atoms with Crippen LogP contribution in [0.25, 0.3) is 0 Å². The normalized spacial score (nSPS) is 14.1. The first-order valence-electron chi connectivity index (χ1n) is 4.85. The van der Waals surface area contributed by atoms with Gasteiger partial charge in [0, 0.05) is 0 Å². The van der Waals surface area contributed by atoms with Crippen molar-refractivity contribution >= 4 is 31.0 Å². The third-order valence-electron chi connectivity index (χ3n) is 2.33. The van der Waals surface area contributed by atoms with Crippen LogP contribution in [0, 0.1) is 0 Å². The Bertz CT molecular complexity index is 741. The van der Waals surface area contributed by atoms with Crippen LogP contribution in [0.2, 0.25) is 0 Å². The van der Waals surface area contributed by atoms with Crippen molar-refractivity contribution in [2.24, 2.45) is 0 Å². The topological polar surface area (TPSA) is 120 Å². The number of nitrogen functional groups attached to an aromatic ring is 2. The van der Waals surface area contributed by atoms with E-state index in [1.807, 2.05) is 0 Å². The highest BCUT2D eigenvalue weighted by Crippen LogP contribution is 2.39. The molecule has 22 heavy (non-hydrogen) atoms. The van der Waals surface area contributed by atoms with Gasteiger partial charge in [0.25, 0.3) is 19.7 Å². The highest BCUT2D eigenvalue weighted by molar-refractivity contribution is 7.93. The van der Waals surface area contributed by atoms with Crippen molar-refractivity contribution in [3.8, 4) is 0 Å². The number of halogens is 6.